The van der Waals surface area contributed by atoms with E-state index in [0.29, 0.717) is 22.7 Å². The van der Waals surface area contributed by atoms with Crippen LogP contribution in [0.25, 0.3) is 33.6 Å². The molecule has 0 radical (unpaired) electrons. The van der Waals surface area contributed by atoms with E-state index in [9.17, 15) is 0 Å². The molecule has 118 valence electrons. The molecule has 2 aromatic heterocycles. The van der Waals surface area contributed by atoms with E-state index >= 15 is 0 Å². The van der Waals surface area contributed by atoms with Crippen molar-refractivity contribution in [1.82, 2.24) is 9.97 Å². The number of fused-ring (bicyclic) bond motifs is 1. The van der Waals surface area contributed by atoms with E-state index in [1.54, 1.807) is 0 Å². The van der Waals surface area contributed by atoms with Crippen molar-refractivity contribution >= 4 is 28.5 Å². The van der Waals surface area contributed by atoms with Gasteiger partial charge in [-0.2, -0.15) is 4.98 Å². The van der Waals surface area contributed by atoms with E-state index < -0.39 is 0 Å². The van der Waals surface area contributed by atoms with Crippen LogP contribution in [-0.4, -0.2) is 9.97 Å². The van der Waals surface area contributed by atoms with Gasteiger partial charge in [-0.1, -0.05) is 60.7 Å². The number of rotatable bonds is 3. The lowest BCUT2D eigenvalue weighted by Gasteiger charge is -2.04. The summed E-state index contributed by atoms with van der Waals surface area (Å²) in [6, 6.07) is 19.9. The smallest absolute Gasteiger partial charge is 0.232 e. The van der Waals surface area contributed by atoms with Gasteiger partial charge in [0.25, 0.3) is 0 Å². The molecule has 0 aliphatic rings. The van der Waals surface area contributed by atoms with Crippen molar-refractivity contribution < 1.29 is 4.42 Å². The number of halogens is 1. The fourth-order valence-corrected chi connectivity index (χ4v) is 2.93. The summed E-state index contributed by atoms with van der Waals surface area (Å²) in [6.07, 6.45) is 0. The number of anilines is 1. The van der Waals surface area contributed by atoms with Crippen molar-refractivity contribution in [3.8, 4) is 22.5 Å². The second-order valence-corrected chi connectivity index (χ2v) is 5.64. The highest BCUT2D eigenvalue weighted by Gasteiger charge is 2.21. The Labute approximate surface area is 143 Å². The third-order valence-corrected chi connectivity index (χ3v) is 4.08. The molecule has 2 N–H and O–H groups in total. The van der Waals surface area contributed by atoms with Gasteiger partial charge in [0.15, 0.2) is 0 Å². The minimum absolute atomic E-state index is 0.183. The molecule has 0 saturated carbocycles. The molecule has 0 atom stereocenters. The summed E-state index contributed by atoms with van der Waals surface area (Å²) >= 11 is 5.86. The molecular formula is C19H14ClN3O. The number of hydrogen-bond donors (Lipinski definition) is 1. The zero-order valence-corrected chi connectivity index (χ0v) is 13.5. The maximum Gasteiger partial charge on any atom is 0.232 e. The summed E-state index contributed by atoms with van der Waals surface area (Å²) in [5, 5.41) is 0.717. The summed E-state index contributed by atoms with van der Waals surface area (Å²) in [7, 11) is 0. The number of nitrogen functional groups attached to an aromatic ring is 1. The summed E-state index contributed by atoms with van der Waals surface area (Å²) in [5.74, 6) is 1.74. The summed E-state index contributed by atoms with van der Waals surface area (Å²) in [4.78, 5) is 8.68. The van der Waals surface area contributed by atoms with Gasteiger partial charge in [0.2, 0.25) is 5.71 Å². The average molecular weight is 336 g/mol. The molecular weight excluding hydrogens is 322 g/mol. The van der Waals surface area contributed by atoms with Crippen LogP contribution in [0.1, 0.15) is 5.82 Å². The van der Waals surface area contributed by atoms with Crippen molar-refractivity contribution in [3.05, 3.63) is 66.5 Å². The van der Waals surface area contributed by atoms with Crippen molar-refractivity contribution in [2.45, 2.75) is 5.88 Å². The SMILES string of the molecule is Nc1nc(CCl)nc2oc(-c3ccccc3)c(-c3ccccc3)c12. The van der Waals surface area contributed by atoms with E-state index in [1.165, 1.54) is 0 Å². The van der Waals surface area contributed by atoms with Gasteiger partial charge in [0.05, 0.1) is 11.3 Å². The van der Waals surface area contributed by atoms with E-state index in [1.807, 2.05) is 60.7 Å². The van der Waals surface area contributed by atoms with E-state index in [2.05, 4.69) is 9.97 Å². The quantitative estimate of drug-likeness (QED) is 0.542. The van der Waals surface area contributed by atoms with Crippen LogP contribution in [0.4, 0.5) is 5.82 Å². The molecule has 0 bridgehead atoms. The zero-order chi connectivity index (χ0) is 16.5. The minimum atomic E-state index is 0.183. The predicted octanol–water partition coefficient (Wildman–Crippen LogP) is 4.88. The number of hydrogen-bond acceptors (Lipinski definition) is 4. The molecule has 24 heavy (non-hydrogen) atoms. The molecule has 0 fully saturated rings. The Kier molecular flexibility index (Phi) is 3.67. The Hall–Kier alpha value is -2.85. The second kappa shape index (κ2) is 5.98. The Morgan fingerprint density at radius 1 is 0.875 bits per heavy atom. The first-order valence-corrected chi connectivity index (χ1v) is 8.07. The van der Waals surface area contributed by atoms with Crippen LogP contribution in [0.15, 0.2) is 65.1 Å². The lowest BCUT2D eigenvalue weighted by molar-refractivity contribution is 0.616. The largest absolute Gasteiger partial charge is 0.437 e. The van der Waals surface area contributed by atoms with Crippen LogP contribution in [-0.2, 0) is 5.88 Å². The molecule has 0 amide bonds. The molecule has 0 saturated heterocycles. The van der Waals surface area contributed by atoms with E-state index in [-0.39, 0.29) is 5.88 Å². The first-order valence-electron chi connectivity index (χ1n) is 7.53. The maximum atomic E-state index is 6.19. The molecule has 0 aliphatic heterocycles. The maximum absolute atomic E-state index is 6.19. The topological polar surface area (TPSA) is 64.9 Å². The average Bonchev–Trinajstić information content (AvgIpc) is 3.03. The van der Waals surface area contributed by atoms with Gasteiger partial charge in [-0.3, -0.25) is 0 Å². The Morgan fingerprint density at radius 3 is 2.12 bits per heavy atom. The number of nitrogens with zero attached hydrogens (tertiary/aromatic N) is 2. The van der Waals surface area contributed by atoms with Gasteiger partial charge in [-0.05, 0) is 5.56 Å². The monoisotopic (exact) mass is 335 g/mol. The molecule has 2 aromatic carbocycles. The molecule has 0 aliphatic carbocycles. The Bertz CT molecular complexity index is 997. The van der Waals surface area contributed by atoms with Gasteiger partial charge in [0.1, 0.15) is 17.4 Å². The summed E-state index contributed by atoms with van der Waals surface area (Å²) in [5.41, 5.74) is 9.51. The molecule has 0 unspecified atom stereocenters. The lowest BCUT2D eigenvalue weighted by Crippen LogP contribution is -1.98. The highest BCUT2D eigenvalue weighted by atomic mass is 35.5. The molecule has 2 heterocycles. The highest BCUT2D eigenvalue weighted by molar-refractivity contribution is 6.17. The first kappa shape index (κ1) is 14.7. The van der Waals surface area contributed by atoms with Crippen molar-refractivity contribution in [2.75, 3.05) is 5.73 Å². The molecule has 5 heteroatoms. The molecule has 4 rings (SSSR count). The second-order valence-electron chi connectivity index (χ2n) is 5.38. The number of aromatic nitrogens is 2. The van der Waals surface area contributed by atoms with Gasteiger partial charge >= 0.3 is 0 Å². The van der Waals surface area contributed by atoms with Crippen LogP contribution in [0.5, 0.6) is 0 Å². The van der Waals surface area contributed by atoms with Crippen LogP contribution < -0.4 is 5.73 Å². The van der Waals surface area contributed by atoms with Gasteiger partial charge in [-0.15, -0.1) is 11.6 Å². The van der Waals surface area contributed by atoms with E-state index in [0.717, 1.165) is 22.5 Å². The van der Waals surface area contributed by atoms with Crippen molar-refractivity contribution in [2.24, 2.45) is 0 Å². The third-order valence-electron chi connectivity index (χ3n) is 3.84. The zero-order valence-electron chi connectivity index (χ0n) is 12.7. The number of nitrogens with two attached hydrogens (primary N) is 1. The Balaban J connectivity index is 2.09. The summed E-state index contributed by atoms with van der Waals surface area (Å²) < 4.78 is 6.07. The first-order chi connectivity index (χ1) is 11.8. The fraction of sp³-hybridized carbons (Fsp3) is 0.0526. The van der Waals surface area contributed by atoms with Crippen LogP contribution in [0.3, 0.4) is 0 Å². The van der Waals surface area contributed by atoms with Crippen molar-refractivity contribution in [3.63, 3.8) is 0 Å². The van der Waals surface area contributed by atoms with Crippen LogP contribution in [0.2, 0.25) is 0 Å². The number of benzene rings is 2. The lowest BCUT2D eigenvalue weighted by atomic mass is 9.99. The van der Waals surface area contributed by atoms with Crippen LogP contribution in [0, 0.1) is 0 Å². The predicted molar refractivity (Wildman–Crippen MR) is 96.6 cm³/mol. The van der Waals surface area contributed by atoms with E-state index in [4.69, 9.17) is 21.8 Å². The van der Waals surface area contributed by atoms with Gasteiger partial charge < -0.3 is 10.2 Å². The molecule has 4 nitrogen and oxygen atoms in total. The number of furan rings is 1. The van der Waals surface area contributed by atoms with Crippen LogP contribution >= 0.6 is 11.6 Å². The van der Waals surface area contributed by atoms with Gasteiger partial charge in [-0.25, -0.2) is 4.98 Å². The van der Waals surface area contributed by atoms with Gasteiger partial charge in [0, 0.05) is 11.1 Å². The fourth-order valence-electron chi connectivity index (χ4n) is 2.81. The third kappa shape index (κ3) is 2.41. The highest BCUT2D eigenvalue weighted by Crippen LogP contribution is 2.41. The number of alkyl halides is 1. The van der Waals surface area contributed by atoms with Crippen molar-refractivity contribution in [1.29, 1.82) is 0 Å². The summed E-state index contributed by atoms with van der Waals surface area (Å²) in [6.45, 7) is 0. The minimum Gasteiger partial charge on any atom is -0.437 e. The molecule has 4 aromatic rings. The normalized spacial score (nSPS) is 11.0. The standard InChI is InChI=1S/C19H14ClN3O/c20-11-14-22-18(21)16-15(12-7-3-1-4-8-12)17(24-19(16)23-14)13-9-5-2-6-10-13/h1-10H,11H2,(H2,21,22,23). The molecule has 0 spiro atoms. The Morgan fingerprint density at radius 2 is 1.50 bits per heavy atom.